The third-order valence-corrected chi connectivity index (χ3v) is 2.00. The first-order chi connectivity index (χ1) is 8.40. The molecule has 0 fully saturated rings. The zero-order chi connectivity index (χ0) is 11.9. The third kappa shape index (κ3) is 3.62. The number of nitrogens with zero attached hydrogens (tertiary/aromatic N) is 4. The summed E-state index contributed by atoms with van der Waals surface area (Å²) in [5, 5.41) is 10.8. The van der Waals surface area contributed by atoms with Crippen molar-refractivity contribution in [2.24, 2.45) is 15.4 Å². The van der Waals surface area contributed by atoms with E-state index in [0.717, 1.165) is 5.52 Å². The second-order valence-electron chi connectivity index (χ2n) is 3.12. The van der Waals surface area contributed by atoms with E-state index in [4.69, 9.17) is 0 Å². The SMILES string of the molecule is O=C=C1C=NN=N1.S.c1ccc2ncccc2c1. The zero-order valence-corrected chi connectivity index (χ0v) is 10.3. The molecule has 0 radical (unpaired) electrons. The van der Waals surface area contributed by atoms with Gasteiger partial charge in [0.25, 0.3) is 0 Å². The molecule has 3 rings (SSSR count). The Morgan fingerprint density at radius 1 is 1.06 bits per heavy atom. The van der Waals surface area contributed by atoms with Gasteiger partial charge in [0.2, 0.25) is 0 Å². The van der Waals surface area contributed by atoms with E-state index in [1.165, 1.54) is 17.5 Å². The minimum atomic E-state index is 0. The Bertz CT molecular complexity index is 553. The summed E-state index contributed by atoms with van der Waals surface area (Å²) in [5.74, 6) is 1.52. The van der Waals surface area contributed by atoms with Crippen LogP contribution >= 0.6 is 13.5 Å². The van der Waals surface area contributed by atoms with Gasteiger partial charge in [-0.25, -0.2) is 4.79 Å². The summed E-state index contributed by atoms with van der Waals surface area (Å²) in [5.41, 5.74) is 1.21. The molecule has 0 bridgehead atoms. The molecule has 2 heterocycles. The second-order valence-corrected chi connectivity index (χ2v) is 3.12. The molecule has 6 heteroatoms. The molecule has 0 amide bonds. The summed E-state index contributed by atoms with van der Waals surface area (Å²) in [4.78, 5) is 13.8. The summed E-state index contributed by atoms with van der Waals surface area (Å²) in [6.45, 7) is 0. The molecule has 0 spiro atoms. The Balaban J connectivity index is 0.000000181. The van der Waals surface area contributed by atoms with Gasteiger partial charge in [-0.15, -0.1) is 10.2 Å². The molecule has 0 aliphatic carbocycles. The molecule has 18 heavy (non-hydrogen) atoms. The van der Waals surface area contributed by atoms with Crippen molar-refractivity contribution in [3.8, 4) is 0 Å². The maximum Gasteiger partial charge on any atom is 0.191 e. The third-order valence-electron chi connectivity index (χ3n) is 2.00. The van der Waals surface area contributed by atoms with Crippen molar-refractivity contribution in [1.29, 1.82) is 0 Å². The molecule has 1 aliphatic rings. The fraction of sp³-hybridized carbons (Fsp3) is 0. The smallest absolute Gasteiger partial charge is 0.191 e. The summed E-state index contributed by atoms with van der Waals surface area (Å²) < 4.78 is 0. The number of fused-ring (bicyclic) bond motifs is 1. The van der Waals surface area contributed by atoms with Crippen LogP contribution in [0.1, 0.15) is 0 Å². The first-order valence-corrected chi connectivity index (χ1v) is 4.89. The Labute approximate surface area is 110 Å². The normalized spacial score (nSPS) is 11.4. The molecule has 0 saturated heterocycles. The number of benzene rings is 1. The van der Waals surface area contributed by atoms with E-state index in [0.29, 0.717) is 0 Å². The van der Waals surface area contributed by atoms with Gasteiger partial charge in [0.1, 0.15) is 0 Å². The molecular formula is C12H10N4OS. The van der Waals surface area contributed by atoms with E-state index in [1.54, 1.807) is 0 Å². The first kappa shape index (κ1) is 13.8. The van der Waals surface area contributed by atoms with Crippen molar-refractivity contribution in [1.82, 2.24) is 4.98 Å². The molecule has 90 valence electrons. The summed E-state index contributed by atoms with van der Waals surface area (Å²) in [6.07, 6.45) is 3.05. The molecule has 5 nitrogen and oxygen atoms in total. The summed E-state index contributed by atoms with van der Waals surface area (Å²) in [6, 6.07) is 12.1. The van der Waals surface area contributed by atoms with Gasteiger partial charge in [0, 0.05) is 11.6 Å². The lowest BCUT2D eigenvalue weighted by molar-refractivity contribution is 0.568. The van der Waals surface area contributed by atoms with Crippen molar-refractivity contribution in [2.75, 3.05) is 0 Å². The molecule has 0 unspecified atom stereocenters. The quantitative estimate of drug-likeness (QED) is 0.681. The number of pyridine rings is 1. The fourth-order valence-electron chi connectivity index (χ4n) is 1.24. The summed E-state index contributed by atoms with van der Waals surface area (Å²) >= 11 is 0. The monoisotopic (exact) mass is 258 g/mol. The predicted octanol–water partition coefficient (Wildman–Crippen LogP) is 2.50. The highest BCUT2D eigenvalue weighted by Crippen LogP contribution is 2.07. The van der Waals surface area contributed by atoms with Crippen LogP contribution in [0, 0.1) is 0 Å². The highest BCUT2D eigenvalue weighted by Gasteiger charge is 1.92. The van der Waals surface area contributed by atoms with Crippen LogP contribution < -0.4 is 0 Å². The highest BCUT2D eigenvalue weighted by atomic mass is 32.1. The Hall–Kier alpha value is -2.30. The number of aromatic nitrogens is 1. The van der Waals surface area contributed by atoms with Crippen LogP contribution in [-0.2, 0) is 4.79 Å². The first-order valence-electron chi connectivity index (χ1n) is 4.89. The van der Waals surface area contributed by atoms with Crippen molar-refractivity contribution in [3.05, 3.63) is 48.3 Å². The number of para-hydroxylation sites is 1. The van der Waals surface area contributed by atoms with Crippen LogP contribution in [0.25, 0.3) is 10.9 Å². The van der Waals surface area contributed by atoms with Crippen molar-refractivity contribution >= 4 is 36.6 Å². The van der Waals surface area contributed by atoms with Crippen LogP contribution in [0.15, 0.2) is 63.7 Å². The highest BCUT2D eigenvalue weighted by molar-refractivity contribution is 7.59. The molecule has 0 saturated carbocycles. The molecule has 2 aromatic rings. The lowest BCUT2D eigenvalue weighted by Crippen LogP contribution is -1.73. The maximum atomic E-state index is 9.60. The number of hydrogen-bond donors (Lipinski definition) is 0. The Kier molecular flexibility index (Phi) is 5.44. The van der Waals surface area contributed by atoms with Crippen LogP contribution in [-0.4, -0.2) is 17.1 Å². The topological polar surface area (TPSA) is 67.0 Å². The molecule has 1 aromatic carbocycles. The number of carbonyl (C=O) groups excluding carboxylic acids is 1. The minimum absolute atomic E-state index is 0. The van der Waals surface area contributed by atoms with Crippen LogP contribution in [0.4, 0.5) is 0 Å². The van der Waals surface area contributed by atoms with Crippen molar-refractivity contribution in [3.63, 3.8) is 0 Å². The van der Waals surface area contributed by atoms with Crippen molar-refractivity contribution in [2.45, 2.75) is 0 Å². The molecule has 1 aromatic heterocycles. The van der Waals surface area contributed by atoms with Gasteiger partial charge < -0.3 is 0 Å². The zero-order valence-electron chi connectivity index (χ0n) is 9.32. The van der Waals surface area contributed by atoms with Gasteiger partial charge >= 0.3 is 0 Å². The van der Waals surface area contributed by atoms with E-state index in [-0.39, 0.29) is 19.2 Å². The standard InChI is InChI=1S/C9H7N.C3HN3O.H2S/c1-2-6-9-8(4-1)5-3-7-10-9;7-2-3-1-4-6-5-3;/h1-7H;1H;1H2. The maximum absolute atomic E-state index is 9.60. The van der Waals surface area contributed by atoms with Gasteiger partial charge in [-0.05, 0) is 17.4 Å². The number of allylic oxidation sites excluding steroid dienone is 1. The Morgan fingerprint density at radius 2 is 1.83 bits per heavy atom. The van der Waals surface area contributed by atoms with Crippen LogP contribution in [0.5, 0.6) is 0 Å². The van der Waals surface area contributed by atoms with Gasteiger partial charge in [-0.2, -0.15) is 13.5 Å². The lowest BCUT2D eigenvalue weighted by Gasteiger charge is -1.91. The number of hydrogen-bond acceptors (Lipinski definition) is 5. The molecule has 0 atom stereocenters. The number of rotatable bonds is 0. The van der Waals surface area contributed by atoms with Crippen LogP contribution in [0.2, 0.25) is 0 Å². The molecule has 0 N–H and O–H groups in total. The average Bonchev–Trinajstić information content (AvgIpc) is 2.93. The largest absolute Gasteiger partial charge is 0.256 e. The predicted molar refractivity (Wildman–Crippen MR) is 74.7 cm³/mol. The minimum Gasteiger partial charge on any atom is -0.256 e. The summed E-state index contributed by atoms with van der Waals surface area (Å²) in [7, 11) is 0. The van der Waals surface area contributed by atoms with Gasteiger partial charge in [-0.3, -0.25) is 4.98 Å². The van der Waals surface area contributed by atoms with E-state index >= 15 is 0 Å². The average molecular weight is 258 g/mol. The van der Waals surface area contributed by atoms with E-state index in [9.17, 15) is 4.79 Å². The Morgan fingerprint density at radius 3 is 2.44 bits per heavy atom. The van der Waals surface area contributed by atoms with Gasteiger partial charge in [-0.1, -0.05) is 24.3 Å². The fourth-order valence-corrected chi connectivity index (χ4v) is 1.24. The van der Waals surface area contributed by atoms with E-state index in [1.807, 2.05) is 30.5 Å². The van der Waals surface area contributed by atoms with E-state index in [2.05, 4.69) is 32.6 Å². The molecular weight excluding hydrogens is 248 g/mol. The van der Waals surface area contributed by atoms with Gasteiger partial charge in [0.05, 0.1) is 11.7 Å². The lowest BCUT2D eigenvalue weighted by atomic mass is 10.2. The van der Waals surface area contributed by atoms with Gasteiger partial charge in [0.15, 0.2) is 11.6 Å². The second kappa shape index (κ2) is 7.11. The van der Waals surface area contributed by atoms with Crippen LogP contribution in [0.3, 0.4) is 0 Å². The molecule has 1 aliphatic heterocycles. The van der Waals surface area contributed by atoms with E-state index < -0.39 is 0 Å². The van der Waals surface area contributed by atoms with Crippen molar-refractivity contribution < 1.29 is 4.79 Å².